The number of nitrogens with one attached hydrogen (secondary N) is 1. The highest BCUT2D eigenvalue weighted by Gasteiger charge is 2.19. The van der Waals surface area contributed by atoms with E-state index >= 15 is 0 Å². The van der Waals surface area contributed by atoms with Gasteiger partial charge in [-0.3, -0.25) is 10.6 Å². The van der Waals surface area contributed by atoms with Gasteiger partial charge in [-0.1, -0.05) is 30.3 Å². The monoisotopic (exact) mass is 269 g/mol. The summed E-state index contributed by atoms with van der Waals surface area (Å²) in [4.78, 5) is 0. The largest absolute Gasteiger partial charge is 0.379 e. The molecule has 20 heavy (non-hydrogen) atoms. The number of nitrogens with zero attached hydrogens (tertiary/aromatic N) is 3. The Morgan fingerprint density at radius 1 is 1.15 bits per heavy atom. The van der Waals surface area contributed by atoms with Crippen molar-refractivity contribution in [2.24, 2.45) is 0 Å². The maximum absolute atomic E-state index is 10.1. The second-order valence-corrected chi connectivity index (χ2v) is 4.19. The third kappa shape index (κ3) is 1.95. The third-order valence-electron chi connectivity index (χ3n) is 2.93. The van der Waals surface area contributed by atoms with E-state index in [9.17, 15) is 5.21 Å². The number of anilines is 2. The first-order valence-electron chi connectivity index (χ1n) is 5.81. The molecule has 7 heteroatoms. The first kappa shape index (κ1) is 12.1. The van der Waals surface area contributed by atoms with Gasteiger partial charge in [-0.15, -0.1) is 0 Å². The molecule has 1 heterocycles. The van der Waals surface area contributed by atoms with Crippen molar-refractivity contribution in [3.05, 3.63) is 48.2 Å². The normalized spacial score (nSPS) is 10.7. The van der Waals surface area contributed by atoms with Crippen LogP contribution in [0, 0.1) is 5.41 Å². The van der Waals surface area contributed by atoms with Crippen LogP contribution in [-0.4, -0.2) is 21.4 Å². The Balaban J connectivity index is 1.98. The third-order valence-corrected chi connectivity index (χ3v) is 2.93. The Kier molecular flexibility index (Phi) is 2.81. The molecule has 1 aromatic heterocycles. The van der Waals surface area contributed by atoms with Crippen LogP contribution in [-0.2, 0) is 0 Å². The van der Waals surface area contributed by atoms with Crippen LogP contribution in [0.3, 0.4) is 0 Å². The van der Waals surface area contributed by atoms with Gasteiger partial charge in [0.1, 0.15) is 0 Å². The summed E-state index contributed by atoms with van der Waals surface area (Å²) in [6.07, 6.45) is 0. The molecule has 3 rings (SSSR count). The van der Waals surface area contributed by atoms with Crippen molar-refractivity contribution in [1.82, 2.24) is 10.3 Å². The number of hydrogen-bond acceptors (Lipinski definition) is 6. The molecular weight excluding hydrogens is 258 g/mol. The van der Waals surface area contributed by atoms with Crippen molar-refractivity contribution in [1.29, 1.82) is 5.41 Å². The van der Waals surface area contributed by atoms with Crippen LogP contribution in [0.5, 0.6) is 0 Å². The van der Waals surface area contributed by atoms with E-state index in [2.05, 4.69) is 14.9 Å². The molecule has 0 bridgehead atoms. The summed E-state index contributed by atoms with van der Waals surface area (Å²) in [5, 5.41) is 27.5. The average Bonchev–Trinajstić information content (AvgIpc) is 2.91. The van der Waals surface area contributed by atoms with Crippen molar-refractivity contribution < 1.29 is 9.84 Å². The molecule has 0 spiro atoms. The number of fused-ring (bicyclic) bond motifs is 1. The van der Waals surface area contributed by atoms with Gasteiger partial charge >= 0.3 is 0 Å². The highest BCUT2D eigenvalue weighted by Crippen LogP contribution is 2.22. The van der Waals surface area contributed by atoms with Gasteiger partial charge in [0.15, 0.2) is 17.3 Å². The number of nitrogens with two attached hydrogens (primary N) is 1. The van der Waals surface area contributed by atoms with Crippen molar-refractivity contribution in [2.45, 2.75) is 0 Å². The van der Waals surface area contributed by atoms with E-state index in [1.54, 1.807) is 12.1 Å². The molecule has 2 aromatic carbocycles. The summed E-state index contributed by atoms with van der Waals surface area (Å²) in [5.41, 5.74) is 5.92. The lowest BCUT2D eigenvalue weighted by Crippen LogP contribution is -2.28. The molecule has 7 nitrogen and oxygen atoms in total. The number of amidine groups is 1. The van der Waals surface area contributed by atoms with Crippen LogP contribution in [0.4, 0.5) is 11.5 Å². The number of aromatic nitrogens is 2. The van der Waals surface area contributed by atoms with Crippen LogP contribution >= 0.6 is 0 Å². The maximum atomic E-state index is 10.1. The Bertz CT molecular complexity index is 783. The van der Waals surface area contributed by atoms with E-state index in [-0.39, 0.29) is 17.3 Å². The van der Waals surface area contributed by atoms with Crippen LogP contribution in [0.1, 0.15) is 5.69 Å². The van der Waals surface area contributed by atoms with E-state index in [4.69, 9.17) is 11.1 Å². The Hall–Kier alpha value is -2.93. The number of hydroxylamine groups is 1. The van der Waals surface area contributed by atoms with Gasteiger partial charge in [0.25, 0.3) is 0 Å². The summed E-state index contributed by atoms with van der Waals surface area (Å²) >= 11 is 0. The maximum Gasteiger partial charge on any atom is 0.199 e. The minimum atomic E-state index is -0.306. The minimum Gasteiger partial charge on any atom is -0.379 e. The molecule has 0 aliphatic carbocycles. The first-order chi connectivity index (χ1) is 9.66. The molecule has 3 aromatic rings. The molecule has 0 fully saturated rings. The zero-order valence-electron chi connectivity index (χ0n) is 10.3. The van der Waals surface area contributed by atoms with Crippen LogP contribution in [0.25, 0.3) is 10.8 Å². The zero-order valence-corrected chi connectivity index (χ0v) is 10.3. The van der Waals surface area contributed by atoms with Gasteiger partial charge in [0.05, 0.1) is 5.69 Å². The van der Waals surface area contributed by atoms with E-state index in [0.717, 1.165) is 10.8 Å². The lowest BCUT2D eigenvalue weighted by molar-refractivity contribution is 0.301. The molecule has 0 atom stereocenters. The van der Waals surface area contributed by atoms with Crippen molar-refractivity contribution in [3.63, 3.8) is 0 Å². The van der Waals surface area contributed by atoms with E-state index in [1.807, 2.05) is 30.3 Å². The second-order valence-electron chi connectivity index (χ2n) is 4.19. The van der Waals surface area contributed by atoms with Gasteiger partial charge in [-0.05, 0) is 33.2 Å². The summed E-state index contributed by atoms with van der Waals surface area (Å²) in [7, 11) is 0. The van der Waals surface area contributed by atoms with Crippen LogP contribution in [0.15, 0.2) is 47.1 Å². The average molecular weight is 269 g/mol. The van der Waals surface area contributed by atoms with Crippen LogP contribution < -0.4 is 10.8 Å². The summed E-state index contributed by atoms with van der Waals surface area (Å²) in [5.74, 6) is -0.353. The smallest absolute Gasteiger partial charge is 0.199 e. The molecule has 0 aliphatic heterocycles. The SMILES string of the molecule is N=C(c1nonc1N)N(O)c1ccc2ccccc2c1. The summed E-state index contributed by atoms with van der Waals surface area (Å²) < 4.78 is 4.42. The fraction of sp³-hybridized carbons (Fsp3) is 0. The van der Waals surface area contributed by atoms with Crippen LogP contribution in [0.2, 0.25) is 0 Å². The molecule has 100 valence electrons. The lowest BCUT2D eigenvalue weighted by atomic mass is 10.1. The summed E-state index contributed by atoms with van der Waals surface area (Å²) in [6.45, 7) is 0. The fourth-order valence-electron chi connectivity index (χ4n) is 1.90. The fourth-order valence-corrected chi connectivity index (χ4v) is 1.90. The Labute approximate surface area is 113 Å². The van der Waals surface area contributed by atoms with Gasteiger partial charge in [0.2, 0.25) is 0 Å². The predicted octanol–water partition coefficient (Wildman–Crippen LogP) is 2.03. The summed E-state index contributed by atoms with van der Waals surface area (Å²) in [6, 6.07) is 13.0. The number of benzene rings is 2. The zero-order chi connectivity index (χ0) is 14.1. The number of rotatable bonds is 2. The predicted molar refractivity (Wildman–Crippen MR) is 73.8 cm³/mol. The van der Waals surface area contributed by atoms with Crippen molar-refractivity contribution in [3.8, 4) is 0 Å². The second kappa shape index (κ2) is 4.63. The number of nitrogen functional groups attached to an aromatic ring is 1. The first-order valence-corrected chi connectivity index (χ1v) is 5.81. The molecule has 0 aliphatic rings. The van der Waals surface area contributed by atoms with Gasteiger partial charge in [0, 0.05) is 0 Å². The molecular formula is C13H11N5O2. The van der Waals surface area contributed by atoms with Gasteiger partial charge in [-0.2, -0.15) is 0 Å². The molecule has 0 saturated carbocycles. The highest BCUT2D eigenvalue weighted by atomic mass is 16.6. The van der Waals surface area contributed by atoms with E-state index in [0.29, 0.717) is 10.8 Å². The topological polar surface area (TPSA) is 112 Å². The molecule has 0 saturated heterocycles. The van der Waals surface area contributed by atoms with Crippen molar-refractivity contribution in [2.75, 3.05) is 10.8 Å². The number of hydrogen-bond donors (Lipinski definition) is 3. The van der Waals surface area contributed by atoms with Crippen molar-refractivity contribution >= 4 is 28.1 Å². The molecule has 0 radical (unpaired) electrons. The van der Waals surface area contributed by atoms with E-state index < -0.39 is 0 Å². The minimum absolute atomic E-state index is 0.0133. The molecule has 0 amide bonds. The van der Waals surface area contributed by atoms with E-state index in [1.165, 1.54) is 0 Å². The van der Waals surface area contributed by atoms with Gasteiger partial charge in [-0.25, -0.2) is 9.69 Å². The Morgan fingerprint density at radius 2 is 1.90 bits per heavy atom. The lowest BCUT2D eigenvalue weighted by Gasteiger charge is -2.16. The molecule has 4 N–H and O–H groups in total. The Morgan fingerprint density at radius 3 is 2.60 bits per heavy atom. The quantitative estimate of drug-likeness (QED) is 0.373. The molecule has 0 unspecified atom stereocenters. The highest BCUT2D eigenvalue weighted by molar-refractivity contribution is 6.08. The van der Waals surface area contributed by atoms with Gasteiger partial charge < -0.3 is 5.73 Å². The standard InChI is InChI=1S/C13H11N5O2/c14-12-11(16-20-17-12)13(15)18(19)10-6-5-8-3-1-2-4-9(8)7-10/h1-7,15,19H,(H2,14,17).